The lowest BCUT2D eigenvalue weighted by atomic mass is 9.88. The minimum Gasteiger partial charge on any atom is -0.489 e. The van der Waals surface area contributed by atoms with E-state index in [2.05, 4.69) is 35.3 Å². The van der Waals surface area contributed by atoms with Crippen LogP contribution in [0.25, 0.3) is 11.1 Å². The Balaban J connectivity index is 1.03. The molecule has 0 unspecified atom stereocenters. The number of methoxy groups -OCH3 is 1. The highest BCUT2D eigenvalue weighted by Crippen LogP contribution is 2.43. The molecule has 0 spiro atoms. The quantitative estimate of drug-likeness (QED) is 0.114. The molecule has 8 rings (SSSR count). The lowest BCUT2D eigenvalue weighted by molar-refractivity contribution is -0.146. The Bertz CT molecular complexity index is 2710. The molecular weight excluding hydrogens is 847 g/mol. The molecule has 0 saturated carbocycles. The average molecular weight is 894 g/mol. The highest BCUT2D eigenvalue weighted by Gasteiger charge is 2.40. The van der Waals surface area contributed by atoms with E-state index in [0.717, 1.165) is 45.4 Å². The number of hydrogen-bond acceptors (Lipinski definition) is 8. The average Bonchev–Trinajstić information content (AvgIpc) is 3.33. The van der Waals surface area contributed by atoms with Crippen LogP contribution in [0.3, 0.4) is 0 Å². The molecule has 6 aromatic rings. The maximum atomic E-state index is 14.7. The van der Waals surface area contributed by atoms with Gasteiger partial charge in [-0.1, -0.05) is 115 Å². The first kappa shape index (κ1) is 44.0. The number of esters is 1. The van der Waals surface area contributed by atoms with Gasteiger partial charge < -0.3 is 24.4 Å². The van der Waals surface area contributed by atoms with Crippen LogP contribution in [0, 0.1) is 11.3 Å². The normalized spacial score (nSPS) is 16.6. The van der Waals surface area contributed by atoms with Gasteiger partial charge in [-0.2, -0.15) is 5.26 Å². The van der Waals surface area contributed by atoms with E-state index in [-0.39, 0.29) is 24.3 Å². The third kappa shape index (κ3) is 9.48. The van der Waals surface area contributed by atoms with Gasteiger partial charge in [-0.05, 0) is 100 Å². The van der Waals surface area contributed by atoms with Crippen molar-refractivity contribution in [2.24, 2.45) is 0 Å². The second-order valence-electron chi connectivity index (χ2n) is 16.0. The molecule has 324 valence electrons. The van der Waals surface area contributed by atoms with Crippen molar-refractivity contribution in [3.63, 3.8) is 0 Å². The SMILES string of the molecule is CC[C@H](c1ccccc1)N1Cc2cc3c(cc2C[C@H]1C(=O)N[C@@H](Cc1ccc(-c2ccc(C#N)cc2)cc1)C(=O)OC)N(C)C(=O)[C@H](c1ccc(OCc2ccc(Cl)c(Cl)c2)cc1)O3. The Labute approximate surface area is 382 Å². The number of likely N-dealkylation sites (N-methyl/N-ethyl adjacent to an activating group) is 1. The molecule has 0 bridgehead atoms. The molecule has 6 aromatic carbocycles. The lowest BCUT2D eigenvalue weighted by Crippen LogP contribution is -2.55. The fourth-order valence-electron chi connectivity index (χ4n) is 8.51. The number of rotatable bonds is 13. The molecule has 4 atom stereocenters. The van der Waals surface area contributed by atoms with Crippen molar-refractivity contribution in [2.75, 3.05) is 19.1 Å². The first-order valence-electron chi connectivity index (χ1n) is 21.1. The summed E-state index contributed by atoms with van der Waals surface area (Å²) in [6.07, 6.45) is 0.398. The molecule has 0 saturated heterocycles. The number of nitrogens with one attached hydrogen (secondary N) is 1. The predicted octanol–water partition coefficient (Wildman–Crippen LogP) is 9.99. The van der Waals surface area contributed by atoms with E-state index in [1.807, 2.05) is 97.1 Å². The zero-order valence-electron chi connectivity index (χ0n) is 35.6. The molecule has 2 heterocycles. The largest absolute Gasteiger partial charge is 0.489 e. The molecular formula is C52H46Cl2N4O6. The van der Waals surface area contributed by atoms with E-state index in [4.69, 9.17) is 37.4 Å². The highest BCUT2D eigenvalue weighted by molar-refractivity contribution is 6.42. The van der Waals surface area contributed by atoms with Crippen LogP contribution in [-0.4, -0.2) is 48.9 Å². The number of halogens is 2. The summed E-state index contributed by atoms with van der Waals surface area (Å²) in [7, 11) is 3.05. The number of carbonyl (C=O) groups is 3. The van der Waals surface area contributed by atoms with Crippen molar-refractivity contribution in [2.45, 2.75) is 63.6 Å². The van der Waals surface area contributed by atoms with Crippen molar-refractivity contribution in [3.8, 4) is 28.7 Å². The molecule has 2 aliphatic rings. The summed E-state index contributed by atoms with van der Waals surface area (Å²) >= 11 is 12.2. The van der Waals surface area contributed by atoms with Crippen LogP contribution in [0.5, 0.6) is 11.5 Å². The van der Waals surface area contributed by atoms with Gasteiger partial charge >= 0.3 is 5.97 Å². The number of amides is 2. The molecule has 10 nitrogen and oxygen atoms in total. The summed E-state index contributed by atoms with van der Waals surface area (Å²) in [6, 6.07) is 42.2. The molecule has 12 heteroatoms. The summed E-state index contributed by atoms with van der Waals surface area (Å²) < 4.78 is 17.7. The fourth-order valence-corrected chi connectivity index (χ4v) is 8.84. The second kappa shape index (κ2) is 19.4. The molecule has 2 amide bonds. The topological polar surface area (TPSA) is 121 Å². The van der Waals surface area contributed by atoms with Crippen molar-refractivity contribution >= 4 is 46.7 Å². The van der Waals surface area contributed by atoms with Crippen LogP contribution in [0.2, 0.25) is 10.0 Å². The maximum Gasteiger partial charge on any atom is 0.328 e. The summed E-state index contributed by atoms with van der Waals surface area (Å²) in [5, 5.41) is 13.2. The van der Waals surface area contributed by atoms with Gasteiger partial charge in [0.25, 0.3) is 5.91 Å². The third-order valence-electron chi connectivity index (χ3n) is 12.0. The zero-order valence-corrected chi connectivity index (χ0v) is 37.1. The predicted molar refractivity (Wildman–Crippen MR) is 247 cm³/mol. The van der Waals surface area contributed by atoms with Gasteiger partial charge in [0, 0.05) is 31.6 Å². The summed E-state index contributed by atoms with van der Waals surface area (Å²) in [5.74, 6) is 0.111. The molecule has 0 radical (unpaired) electrons. The van der Waals surface area contributed by atoms with Crippen LogP contribution in [-0.2, 0) is 45.1 Å². The van der Waals surface area contributed by atoms with Crippen LogP contribution < -0.4 is 19.7 Å². The third-order valence-corrected chi connectivity index (χ3v) is 12.7. The Morgan fingerprint density at radius 3 is 2.20 bits per heavy atom. The number of hydrogen-bond donors (Lipinski definition) is 1. The van der Waals surface area contributed by atoms with Gasteiger partial charge in [-0.15, -0.1) is 0 Å². The second-order valence-corrected chi connectivity index (χ2v) is 16.8. The lowest BCUT2D eigenvalue weighted by Gasteiger charge is -2.42. The van der Waals surface area contributed by atoms with E-state index < -0.39 is 24.2 Å². The van der Waals surface area contributed by atoms with Gasteiger partial charge in [0.2, 0.25) is 12.0 Å². The first-order chi connectivity index (χ1) is 31.0. The molecule has 1 N–H and O–H groups in total. The molecule has 64 heavy (non-hydrogen) atoms. The molecule has 0 fully saturated rings. The van der Waals surface area contributed by atoms with Gasteiger partial charge in [0.1, 0.15) is 24.1 Å². The standard InChI is InChI=1S/C52H46Cl2N4O6/c1-4-45(37-8-6-5-7-9-37)58-30-40-28-48-46(57(2)51(60)49(64-48)38-19-21-41(22-20-38)63-31-34-14-23-42(53)43(54)24-34)26-39(40)27-47(58)50(59)56-44(52(61)62-3)25-32-10-15-35(16-11-32)36-17-12-33(29-55)13-18-36/h5-24,26,28,44-45,47,49H,4,25,27,30-31H2,1-3H3,(H,56,59)/t44-,45+,47-,49-/m0/s1. The summed E-state index contributed by atoms with van der Waals surface area (Å²) in [5.41, 5.74) is 8.48. The van der Waals surface area contributed by atoms with E-state index in [1.54, 1.807) is 36.2 Å². The number of ether oxygens (including phenoxy) is 3. The Morgan fingerprint density at radius 2 is 1.55 bits per heavy atom. The van der Waals surface area contributed by atoms with Crippen molar-refractivity contribution in [3.05, 3.63) is 182 Å². The van der Waals surface area contributed by atoms with Gasteiger partial charge in [0.05, 0.1) is 40.5 Å². The number of benzene rings is 6. The smallest absolute Gasteiger partial charge is 0.328 e. The highest BCUT2D eigenvalue weighted by atomic mass is 35.5. The number of nitriles is 1. The summed E-state index contributed by atoms with van der Waals surface area (Å²) in [4.78, 5) is 45.7. The Morgan fingerprint density at radius 1 is 0.859 bits per heavy atom. The minimum atomic E-state index is -0.945. The van der Waals surface area contributed by atoms with Crippen LogP contribution in [0.4, 0.5) is 5.69 Å². The van der Waals surface area contributed by atoms with Gasteiger partial charge in [-0.25, -0.2) is 4.79 Å². The van der Waals surface area contributed by atoms with Gasteiger partial charge in [-0.3, -0.25) is 14.5 Å². The van der Waals surface area contributed by atoms with Crippen molar-refractivity contribution in [1.29, 1.82) is 5.26 Å². The first-order valence-corrected chi connectivity index (χ1v) is 21.8. The van der Waals surface area contributed by atoms with Crippen molar-refractivity contribution < 1.29 is 28.6 Å². The monoisotopic (exact) mass is 892 g/mol. The Kier molecular flexibility index (Phi) is 13.3. The minimum absolute atomic E-state index is 0.122. The maximum absolute atomic E-state index is 14.7. The molecule has 0 aromatic heterocycles. The number of carbonyl (C=O) groups excluding carboxylic acids is 3. The van der Waals surface area contributed by atoms with Crippen LogP contribution in [0.15, 0.2) is 133 Å². The van der Waals surface area contributed by atoms with E-state index in [1.165, 1.54) is 7.11 Å². The van der Waals surface area contributed by atoms with Crippen LogP contribution in [0.1, 0.15) is 64.4 Å². The van der Waals surface area contributed by atoms with Gasteiger partial charge in [0.15, 0.2) is 0 Å². The van der Waals surface area contributed by atoms with Crippen LogP contribution >= 0.6 is 23.2 Å². The zero-order chi connectivity index (χ0) is 44.9. The molecule has 2 aliphatic heterocycles. The summed E-state index contributed by atoms with van der Waals surface area (Å²) in [6.45, 7) is 2.82. The van der Waals surface area contributed by atoms with E-state index >= 15 is 0 Å². The molecule has 0 aliphatic carbocycles. The van der Waals surface area contributed by atoms with Crippen molar-refractivity contribution in [1.82, 2.24) is 10.2 Å². The number of anilines is 1. The van der Waals surface area contributed by atoms with E-state index in [9.17, 15) is 19.6 Å². The Hall–Kier alpha value is -6.64. The number of nitrogens with zero attached hydrogens (tertiary/aromatic N) is 3. The number of fused-ring (bicyclic) bond motifs is 2. The van der Waals surface area contributed by atoms with E-state index in [0.29, 0.717) is 57.9 Å². The fraction of sp³-hybridized carbons (Fsp3) is 0.231.